The lowest BCUT2D eigenvalue weighted by Crippen LogP contribution is -2.13. The van der Waals surface area contributed by atoms with Gasteiger partial charge in [-0.1, -0.05) is 17.7 Å². The SMILES string of the molecule is O=C(CSc1ccc(NC(=O)c2cccc([N+](=O)[O-])c2)cc1)Nc1ccc(Cl)cc1. The molecule has 0 radical (unpaired) electrons. The van der Waals surface area contributed by atoms with Crippen molar-refractivity contribution in [1.82, 2.24) is 0 Å². The number of carbonyl (C=O) groups excluding carboxylic acids is 2. The fraction of sp³-hybridized carbons (Fsp3) is 0.0476. The molecular formula is C21H16ClN3O4S. The van der Waals surface area contributed by atoms with E-state index in [-0.39, 0.29) is 22.9 Å². The number of hydrogen-bond acceptors (Lipinski definition) is 5. The molecule has 0 bridgehead atoms. The van der Waals surface area contributed by atoms with E-state index in [1.165, 1.54) is 36.0 Å². The van der Waals surface area contributed by atoms with Crippen molar-refractivity contribution >= 4 is 52.2 Å². The van der Waals surface area contributed by atoms with Gasteiger partial charge in [0.15, 0.2) is 0 Å². The van der Waals surface area contributed by atoms with E-state index in [1.54, 1.807) is 48.5 Å². The molecule has 0 spiro atoms. The molecule has 30 heavy (non-hydrogen) atoms. The highest BCUT2D eigenvalue weighted by molar-refractivity contribution is 8.00. The second-order valence-electron chi connectivity index (χ2n) is 6.13. The number of nitro groups is 1. The monoisotopic (exact) mass is 441 g/mol. The summed E-state index contributed by atoms with van der Waals surface area (Å²) in [6, 6.07) is 19.3. The van der Waals surface area contributed by atoms with Gasteiger partial charge < -0.3 is 10.6 Å². The molecule has 0 aromatic heterocycles. The molecular weight excluding hydrogens is 426 g/mol. The number of amides is 2. The Balaban J connectivity index is 1.52. The summed E-state index contributed by atoms with van der Waals surface area (Å²) in [6.45, 7) is 0. The minimum Gasteiger partial charge on any atom is -0.325 e. The fourth-order valence-electron chi connectivity index (χ4n) is 2.48. The van der Waals surface area contributed by atoms with E-state index in [4.69, 9.17) is 11.6 Å². The van der Waals surface area contributed by atoms with Gasteiger partial charge in [-0.25, -0.2) is 0 Å². The predicted octanol–water partition coefficient (Wildman–Crippen LogP) is 5.23. The van der Waals surface area contributed by atoms with Gasteiger partial charge in [-0.15, -0.1) is 11.8 Å². The van der Waals surface area contributed by atoms with Gasteiger partial charge in [0.1, 0.15) is 0 Å². The Hall–Kier alpha value is -3.36. The minimum atomic E-state index is -0.550. The zero-order chi connectivity index (χ0) is 21.5. The first kappa shape index (κ1) is 21.4. The molecule has 0 fully saturated rings. The largest absolute Gasteiger partial charge is 0.325 e. The van der Waals surface area contributed by atoms with Crippen LogP contribution in [0.5, 0.6) is 0 Å². The van der Waals surface area contributed by atoms with Crippen molar-refractivity contribution in [3.8, 4) is 0 Å². The Morgan fingerprint density at radius 2 is 1.57 bits per heavy atom. The molecule has 2 amide bonds. The third-order valence-corrected chi connectivity index (χ3v) is 5.19. The number of halogens is 1. The van der Waals surface area contributed by atoms with Crippen LogP contribution in [0.2, 0.25) is 5.02 Å². The van der Waals surface area contributed by atoms with Crippen LogP contribution in [0, 0.1) is 10.1 Å². The highest BCUT2D eigenvalue weighted by atomic mass is 35.5. The number of rotatable bonds is 7. The van der Waals surface area contributed by atoms with Crippen molar-refractivity contribution < 1.29 is 14.5 Å². The summed E-state index contributed by atoms with van der Waals surface area (Å²) >= 11 is 7.17. The molecule has 3 aromatic rings. The quantitative estimate of drug-likeness (QED) is 0.297. The molecule has 7 nitrogen and oxygen atoms in total. The van der Waals surface area contributed by atoms with Gasteiger partial charge in [-0.3, -0.25) is 19.7 Å². The Bertz CT molecular complexity index is 1070. The normalized spacial score (nSPS) is 10.3. The first-order valence-corrected chi connectivity index (χ1v) is 10.1. The topological polar surface area (TPSA) is 101 Å². The van der Waals surface area contributed by atoms with Crippen LogP contribution in [0.4, 0.5) is 17.1 Å². The summed E-state index contributed by atoms with van der Waals surface area (Å²) < 4.78 is 0. The van der Waals surface area contributed by atoms with E-state index in [1.807, 2.05) is 0 Å². The second-order valence-corrected chi connectivity index (χ2v) is 7.61. The van der Waals surface area contributed by atoms with Crippen LogP contribution in [-0.4, -0.2) is 22.5 Å². The fourth-order valence-corrected chi connectivity index (χ4v) is 3.30. The number of hydrogen-bond donors (Lipinski definition) is 2. The van der Waals surface area contributed by atoms with E-state index < -0.39 is 10.8 Å². The van der Waals surface area contributed by atoms with Crippen molar-refractivity contribution in [1.29, 1.82) is 0 Å². The summed E-state index contributed by atoms with van der Waals surface area (Å²) in [5.41, 5.74) is 1.26. The molecule has 0 atom stereocenters. The second kappa shape index (κ2) is 9.91. The molecule has 0 aliphatic carbocycles. The zero-order valence-corrected chi connectivity index (χ0v) is 17.1. The molecule has 9 heteroatoms. The van der Waals surface area contributed by atoms with E-state index in [9.17, 15) is 19.7 Å². The van der Waals surface area contributed by atoms with Crippen LogP contribution in [0.3, 0.4) is 0 Å². The summed E-state index contributed by atoms with van der Waals surface area (Å²) in [4.78, 5) is 35.5. The average molecular weight is 442 g/mol. The van der Waals surface area contributed by atoms with Crippen LogP contribution >= 0.6 is 23.4 Å². The number of nitrogens with one attached hydrogen (secondary N) is 2. The molecule has 2 N–H and O–H groups in total. The van der Waals surface area contributed by atoms with Gasteiger partial charge in [0.05, 0.1) is 10.7 Å². The van der Waals surface area contributed by atoms with E-state index in [0.29, 0.717) is 16.4 Å². The molecule has 0 saturated heterocycles. The number of carbonyl (C=O) groups is 2. The van der Waals surface area contributed by atoms with Crippen LogP contribution in [0.1, 0.15) is 10.4 Å². The Morgan fingerprint density at radius 1 is 0.933 bits per heavy atom. The van der Waals surface area contributed by atoms with Crippen LogP contribution in [-0.2, 0) is 4.79 Å². The minimum absolute atomic E-state index is 0.147. The lowest BCUT2D eigenvalue weighted by atomic mass is 10.2. The van der Waals surface area contributed by atoms with Crippen molar-refractivity contribution in [2.75, 3.05) is 16.4 Å². The molecule has 0 aliphatic heterocycles. The van der Waals surface area contributed by atoms with Crippen LogP contribution < -0.4 is 10.6 Å². The summed E-state index contributed by atoms with van der Waals surface area (Å²) in [7, 11) is 0. The third-order valence-electron chi connectivity index (χ3n) is 3.93. The summed E-state index contributed by atoms with van der Waals surface area (Å²) in [5.74, 6) is -0.367. The van der Waals surface area contributed by atoms with Crippen LogP contribution in [0.25, 0.3) is 0 Å². The van der Waals surface area contributed by atoms with E-state index in [2.05, 4.69) is 10.6 Å². The first-order valence-electron chi connectivity index (χ1n) is 8.75. The molecule has 152 valence electrons. The maximum Gasteiger partial charge on any atom is 0.270 e. The number of nitro benzene ring substituents is 1. The molecule has 3 rings (SSSR count). The number of anilines is 2. The summed E-state index contributed by atoms with van der Waals surface area (Å²) in [6.07, 6.45) is 0. The van der Waals surface area contributed by atoms with Gasteiger partial charge in [0.25, 0.3) is 11.6 Å². The highest BCUT2D eigenvalue weighted by Gasteiger charge is 2.12. The third kappa shape index (κ3) is 6.07. The van der Waals surface area contributed by atoms with Crippen LogP contribution in [0.15, 0.2) is 77.7 Å². The highest BCUT2D eigenvalue weighted by Crippen LogP contribution is 2.22. The van der Waals surface area contributed by atoms with Gasteiger partial charge in [-0.05, 0) is 54.6 Å². The molecule has 0 heterocycles. The maximum absolute atomic E-state index is 12.3. The van der Waals surface area contributed by atoms with E-state index in [0.717, 1.165) is 4.90 Å². The van der Waals surface area contributed by atoms with Crippen molar-refractivity contribution in [2.24, 2.45) is 0 Å². The average Bonchev–Trinajstić information content (AvgIpc) is 2.75. The number of thioether (sulfide) groups is 1. The number of nitrogens with zero attached hydrogens (tertiary/aromatic N) is 1. The first-order chi connectivity index (χ1) is 14.4. The maximum atomic E-state index is 12.3. The molecule has 0 aliphatic rings. The van der Waals surface area contributed by atoms with Gasteiger partial charge in [0.2, 0.25) is 5.91 Å². The number of non-ortho nitro benzene ring substituents is 1. The van der Waals surface area contributed by atoms with Crippen molar-refractivity contribution in [2.45, 2.75) is 4.90 Å². The molecule has 3 aromatic carbocycles. The Kier molecular flexibility index (Phi) is 7.05. The lowest BCUT2D eigenvalue weighted by Gasteiger charge is -2.07. The van der Waals surface area contributed by atoms with Crippen molar-refractivity contribution in [3.05, 3.63) is 93.5 Å². The Labute approximate surface area is 181 Å². The van der Waals surface area contributed by atoms with Crippen molar-refractivity contribution in [3.63, 3.8) is 0 Å². The smallest absolute Gasteiger partial charge is 0.270 e. The van der Waals surface area contributed by atoms with E-state index >= 15 is 0 Å². The molecule has 0 unspecified atom stereocenters. The zero-order valence-electron chi connectivity index (χ0n) is 15.5. The molecule has 0 saturated carbocycles. The van der Waals surface area contributed by atoms with Gasteiger partial charge in [0, 0.05) is 39.0 Å². The van der Waals surface area contributed by atoms with Gasteiger partial charge in [-0.2, -0.15) is 0 Å². The van der Waals surface area contributed by atoms with Gasteiger partial charge >= 0.3 is 0 Å². The summed E-state index contributed by atoms with van der Waals surface area (Å²) in [5, 5.41) is 16.9. The number of benzene rings is 3. The standard InChI is InChI=1S/C21H16ClN3O4S/c22-15-4-6-16(7-5-15)23-20(26)13-30-19-10-8-17(9-11-19)24-21(27)14-2-1-3-18(12-14)25(28)29/h1-12H,13H2,(H,23,26)(H,24,27). The lowest BCUT2D eigenvalue weighted by molar-refractivity contribution is -0.384. The Morgan fingerprint density at radius 3 is 2.23 bits per heavy atom. The predicted molar refractivity (Wildman–Crippen MR) is 118 cm³/mol.